The van der Waals surface area contributed by atoms with E-state index in [0.717, 1.165) is 17.9 Å². The minimum atomic E-state index is -2.66. The van der Waals surface area contributed by atoms with Crippen LogP contribution in [0.1, 0.15) is 18.8 Å². The van der Waals surface area contributed by atoms with Gasteiger partial charge in [0.05, 0.1) is 30.6 Å². The zero-order valence-corrected chi connectivity index (χ0v) is 13.6. The van der Waals surface area contributed by atoms with E-state index in [2.05, 4.69) is 10.1 Å². The van der Waals surface area contributed by atoms with Gasteiger partial charge in [0.25, 0.3) is 0 Å². The van der Waals surface area contributed by atoms with Crippen molar-refractivity contribution in [2.45, 2.75) is 25.9 Å². The first kappa shape index (κ1) is 16.2. The van der Waals surface area contributed by atoms with Crippen molar-refractivity contribution in [3.8, 4) is 11.3 Å². The molecule has 7 nitrogen and oxygen atoms in total. The second-order valence-electron chi connectivity index (χ2n) is 6.33. The van der Waals surface area contributed by atoms with Gasteiger partial charge in [-0.1, -0.05) is 0 Å². The van der Waals surface area contributed by atoms with Crippen LogP contribution >= 0.6 is 0 Å². The molecule has 0 aromatic carbocycles. The molecule has 134 valence electrons. The van der Waals surface area contributed by atoms with Gasteiger partial charge in [0, 0.05) is 44.4 Å². The van der Waals surface area contributed by atoms with Crippen LogP contribution < -0.4 is 0 Å². The number of alkyl halides is 2. The van der Waals surface area contributed by atoms with Gasteiger partial charge in [-0.2, -0.15) is 13.9 Å². The maximum Gasteiger partial charge on any atom is 0.333 e. The molecule has 0 radical (unpaired) electrons. The highest BCUT2D eigenvalue weighted by atomic mass is 19.3. The molecule has 1 saturated heterocycles. The molecule has 1 unspecified atom stereocenters. The summed E-state index contributed by atoms with van der Waals surface area (Å²) in [6.07, 6.45) is 5.84. The summed E-state index contributed by atoms with van der Waals surface area (Å²) >= 11 is 0. The summed E-state index contributed by atoms with van der Waals surface area (Å²) in [4.78, 5) is 18.9. The average Bonchev–Trinajstić information content (AvgIpc) is 3.32. The maximum atomic E-state index is 12.7. The van der Waals surface area contributed by atoms with Crippen LogP contribution in [-0.2, 0) is 22.5 Å². The molecule has 1 amide bonds. The van der Waals surface area contributed by atoms with E-state index in [-0.39, 0.29) is 11.8 Å². The van der Waals surface area contributed by atoms with Crippen molar-refractivity contribution >= 4 is 5.91 Å². The molecule has 2 aliphatic heterocycles. The molecule has 0 bridgehead atoms. The predicted molar refractivity (Wildman–Crippen MR) is 83.9 cm³/mol. The van der Waals surface area contributed by atoms with Crippen molar-refractivity contribution < 1.29 is 18.3 Å². The topological polar surface area (TPSA) is 65.2 Å². The van der Waals surface area contributed by atoms with Gasteiger partial charge in [-0.3, -0.25) is 4.79 Å². The van der Waals surface area contributed by atoms with Crippen LogP contribution in [0.15, 0.2) is 18.6 Å². The van der Waals surface area contributed by atoms with E-state index >= 15 is 0 Å². The first-order valence-electron chi connectivity index (χ1n) is 8.37. The number of fused-ring (bicyclic) bond motifs is 1. The van der Waals surface area contributed by atoms with Gasteiger partial charge in [0.15, 0.2) is 0 Å². The summed E-state index contributed by atoms with van der Waals surface area (Å²) in [6, 6.07) is 0. The minimum Gasteiger partial charge on any atom is -0.381 e. The normalized spacial score (nSPS) is 20.8. The Labute approximate surface area is 143 Å². The van der Waals surface area contributed by atoms with Crippen molar-refractivity contribution in [1.29, 1.82) is 0 Å². The highest BCUT2D eigenvalue weighted by Gasteiger charge is 2.29. The Morgan fingerprint density at radius 1 is 1.28 bits per heavy atom. The lowest BCUT2D eigenvalue weighted by atomic mass is 10.1. The van der Waals surface area contributed by atoms with Crippen LogP contribution in [0.25, 0.3) is 11.3 Å². The zero-order chi connectivity index (χ0) is 17.4. The maximum absolute atomic E-state index is 12.7. The fourth-order valence-electron chi connectivity index (χ4n) is 3.45. The lowest BCUT2D eigenvalue weighted by Gasteiger charge is -2.23. The molecule has 1 atom stereocenters. The molecule has 2 aliphatic rings. The van der Waals surface area contributed by atoms with Crippen molar-refractivity contribution in [2.75, 3.05) is 26.3 Å². The molecule has 2 aromatic heterocycles. The van der Waals surface area contributed by atoms with Crippen LogP contribution in [0.4, 0.5) is 8.78 Å². The third-order valence-corrected chi connectivity index (χ3v) is 4.82. The Bertz CT molecular complexity index is 766. The largest absolute Gasteiger partial charge is 0.381 e. The molecule has 1 fully saturated rings. The quantitative estimate of drug-likeness (QED) is 0.842. The molecular formula is C16H19F2N5O2. The monoisotopic (exact) mass is 351 g/mol. The van der Waals surface area contributed by atoms with Crippen molar-refractivity contribution in [3.05, 3.63) is 24.4 Å². The van der Waals surface area contributed by atoms with E-state index in [4.69, 9.17) is 4.74 Å². The number of nitrogens with zero attached hydrogens (tertiary/aromatic N) is 5. The number of rotatable bonds is 3. The van der Waals surface area contributed by atoms with E-state index < -0.39 is 6.55 Å². The number of carbonyl (C=O) groups is 1. The fourth-order valence-corrected chi connectivity index (χ4v) is 3.45. The molecule has 4 heterocycles. The molecule has 9 heteroatoms. The van der Waals surface area contributed by atoms with E-state index in [0.29, 0.717) is 49.5 Å². The van der Waals surface area contributed by atoms with Gasteiger partial charge in [-0.25, -0.2) is 9.67 Å². The lowest BCUT2D eigenvalue weighted by molar-refractivity contribution is -0.135. The number of aromatic nitrogens is 4. The zero-order valence-electron chi connectivity index (χ0n) is 13.6. The number of hydrogen-bond acceptors (Lipinski definition) is 4. The van der Waals surface area contributed by atoms with E-state index in [1.54, 1.807) is 6.20 Å². The number of hydrogen-bond donors (Lipinski definition) is 0. The van der Waals surface area contributed by atoms with Crippen LogP contribution in [0, 0.1) is 5.92 Å². The fraction of sp³-hybridized carbons (Fsp3) is 0.562. The van der Waals surface area contributed by atoms with Crippen LogP contribution in [0.2, 0.25) is 0 Å². The summed E-state index contributed by atoms with van der Waals surface area (Å²) in [7, 11) is 0. The predicted octanol–water partition coefficient (Wildman–Crippen LogP) is 1.56. The van der Waals surface area contributed by atoms with Gasteiger partial charge >= 0.3 is 6.55 Å². The molecule has 4 rings (SSSR count). The van der Waals surface area contributed by atoms with E-state index in [9.17, 15) is 13.6 Å². The van der Waals surface area contributed by atoms with Gasteiger partial charge < -0.3 is 14.2 Å². The third-order valence-electron chi connectivity index (χ3n) is 4.82. The van der Waals surface area contributed by atoms with Gasteiger partial charge in [0.1, 0.15) is 5.82 Å². The standard InChI is InChI=1S/C16H19F2N5O2/c17-16(18)23-9-12(7-20-23)13-8-19-14-1-3-21(4-5-22(13)14)15(24)11-2-6-25-10-11/h7-9,11,16H,1-6,10H2. The molecule has 0 aliphatic carbocycles. The molecule has 0 N–H and O–H groups in total. The Morgan fingerprint density at radius 3 is 2.88 bits per heavy atom. The summed E-state index contributed by atoms with van der Waals surface area (Å²) in [5, 5.41) is 3.69. The Morgan fingerprint density at radius 2 is 2.16 bits per heavy atom. The number of amides is 1. The highest BCUT2D eigenvalue weighted by molar-refractivity contribution is 5.79. The minimum absolute atomic E-state index is 0.0471. The SMILES string of the molecule is O=C(C1CCOC1)N1CCc2ncc(-c3cnn(C(F)F)c3)n2CC1. The highest BCUT2D eigenvalue weighted by Crippen LogP contribution is 2.25. The van der Waals surface area contributed by atoms with Crippen molar-refractivity contribution in [2.24, 2.45) is 5.92 Å². The van der Waals surface area contributed by atoms with Crippen LogP contribution in [0.5, 0.6) is 0 Å². The molecular weight excluding hydrogens is 332 g/mol. The number of carbonyl (C=O) groups excluding carboxylic acids is 1. The summed E-state index contributed by atoms with van der Waals surface area (Å²) in [5.74, 6) is 0.947. The number of imidazole rings is 1. The second-order valence-corrected chi connectivity index (χ2v) is 6.33. The van der Waals surface area contributed by atoms with Crippen LogP contribution in [0.3, 0.4) is 0 Å². The van der Waals surface area contributed by atoms with Crippen molar-refractivity contribution in [3.63, 3.8) is 0 Å². The van der Waals surface area contributed by atoms with Crippen molar-refractivity contribution in [1.82, 2.24) is 24.2 Å². The molecule has 0 spiro atoms. The molecule has 0 saturated carbocycles. The Balaban J connectivity index is 1.52. The number of halogens is 2. The first-order chi connectivity index (χ1) is 12.1. The van der Waals surface area contributed by atoms with Gasteiger partial charge in [0.2, 0.25) is 5.91 Å². The Kier molecular flexibility index (Phi) is 4.24. The third kappa shape index (κ3) is 3.04. The van der Waals surface area contributed by atoms with E-state index in [1.165, 1.54) is 12.4 Å². The second kappa shape index (κ2) is 6.55. The van der Waals surface area contributed by atoms with Gasteiger partial charge in [-0.05, 0) is 6.42 Å². The van der Waals surface area contributed by atoms with Crippen LogP contribution in [-0.4, -0.2) is 56.4 Å². The summed E-state index contributed by atoms with van der Waals surface area (Å²) in [5.41, 5.74) is 1.35. The average molecular weight is 351 g/mol. The number of ether oxygens (including phenoxy) is 1. The molecule has 2 aromatic rings. The first-order valence-corrected chi connectivity index (χ1v) is 8.37. The smallest absolute Gasteiger partial charge is 0.333 e. The molecule has 25 heavy (non-hydrogen) atoms. The van der Waals surface area contributed by atoms with E-state index in [1.807, 2.05) is 9.47 Å². The Hall–Kier alpha value is -2.29. The summed E-state index contributed by atoms with van der Waals surface area (Å²) < 4.78 is 33.4. The van der Waals surface area contributed by atoms with Gasteiger partial charge in [-0.15, -0.1) is 0 Å². The lowest BCUT2D eigenvalue weighted by Crippen LogP contribution is -2.38. The summed E-state index contributed by atoms with van der Waals surface area (Å²) in [6.45, 7) is 0.255.